The van der Waals surface area contributed by atoms with Gasteiger partial charge in [-0.2, -0.15) is 0 Å². The Balaban J connectivity index is 2.14. The molecule has 2 aromatic carbocycles. The first-order chi connectivity index (χ1) is 10.7. The van der Waals surface area contributed by atoms with Crippen molar-refractivity contribution >= 4 is 11.4 Å². The van der Waals surface area contributed by atoms with Gasteiger partial charge in [0.05, 0.1) is 18.3 Å². The number of hydrogen-bond acceptors (Lipinski definition) is 3. The number of anilines is 1. The Labute approximate surface area is 130 Å². The van der Waals surface area contributed by atoms with E-state index in [0.717, 1.165) is 23.5 Å². The molecule has 3 rings (SSSR count). The van der Waals surface area contributed by atoms with E-state index in [1.807, 2.05) is 31.3 Å². The minimum atomic E-state index is -0.231. The number of aliphatic imine (C=N–C) groups is 1. The second-order valence-electron chi connectivity index (χ2n) is 5.51. The topological polar surface area (TPSA) is 27.6 Å². The molecule has 3 nitrogen and oxygen atoms in total. The van der Waals surface area contributed by atoms with Gasteiger partial charge in [0, 0.05) is 30.4 Å². The molecule has 0 aromatic heterocycles. The maximum absolute atomic E-state index is 14.2. The summed E-state index contributed by atoms with van der Waals surface area (Å²) >= 11 is 0. The summed E-state index contributed by atoms with van der Waals surface area (Å²) in [6.45, 7) is 1.47. The Morgan fingerprint density at radius 2 is 1.82 bits per heavy atom. The average molecular weight is 297 g/mol. The normalized spacial score (nSPS) is 17.7. The Hall–Kier alpha value is -2.20. The zero-order chi connectivity index (χ0) is 15.5. The molecule has 22 heavy (non-hydrogen) atoms. The summed E-state index contributed by atoms with van der Waals surface area (Å²) in [7, 11) is 4.01. The fraction of sp³-hybridized carbons (Fsp3) is 0.278. The standard InChI is InChI=1S/C18H20FN3/c1-20-11-13-12-21-18(14-7-3-5-9-16(14)19)15-8-4-6-10-17(15)22(13)2/h3-10,13,20H,11-12H2,1-2H3. The first-order valence-corrected chi connectivity index (χ1v) is 7.48. The summed E-state index contributed by atoms with van der Waals surface area (Å²) in [6.07, 6.45) is 0. The highest BCUT2D eigenvalue weighted by Crippen LogP contribution is 2.28. The lowest BCUT2D eigenvalue weighted by Gasteiger charge is -2.28. The molecule has 1 aliphatic heterocycles. The summed E-state index contributed by atoms with van der Waals surface area (Å²) in [6, 6.07) is 15.1. The van der Waals surface area contributed by atoms with Gasteiger partial charge in [-0.25, -0.2) is 4.39 Å². The number of nitrogens with one attached hydrogen (secondary N) is 1. The third-order valence-electron chi connectivity index (χ3n) is 4.12. The van der Waals surface area contributed by atoms with Crippen molar-refractivity contribution in [2.24, 2.45) is 4.99 Å². The van der Waals surface area contributed by atoms with E-state index < -0.39 is 0 Å². The first-order valence-electron chi connectivity index (χ1n) is 7.48. The number of benzodiazepines with no additional fused rings is 1. The minimum absolute atomic E-state index is 0.231. The zero-order valence-electron chi connectivity index (χ0n) is 12.9. The molecular weight excluding hydrogens is 277 g/mol. The molecule has 1 heterocycles. The molecule has 0 fully saturated rings. The average Bonchev–Trinajstić information content (AvgIpc) is 2.67. The third-order valence-corrected chi connectivity index (χ3v) is 4.12. The van der Waals surface area contributed by atoms with Crippen LogP contribution in [0.15, 0.2) is 53.5 Å². The van der Waals surface area contributed by atoms with E-state index >= 15 is 0 Å². The summed E-state index contributed by atoms with van der Waals surface area (Å²) in [4.78, 5) is 6.97. The smallest absolute Gasteiger partial charge is 0.132 e. The second kappa shape index (κ2) is 6.28. The highest BCUT2D eigenvalue weighted by atomic mass is 19.1. The van der Waals surface area contributed by atoms with E-state index in [4.69, 9.17) is 4.99 Å². The van der Waals surface area contributed by atoms with Crippen LogP contribution in [0.1, 0.15) is 11.1 Å². The molecule has 0 bridgehead atoms. The van der Waals surface area contributed by atoms with Gasteiger partial charge < -0.3 is 10.2 Å². The van der Waals surface area contributed by atoms with Gasteiger partial charge in [0.2, 0.25) is 0 Å². The lowest BCUT2D eigenvalue weighted by molar-refractivity contribution is 0.599. The fourth-order valence-electron chi connectivity index (χ4n) is 2.90. The maximum atomic E-state index is 14.2. The van der Waals surface area contributed by atoms with Crippen LogP contribution in [-0.4, -0.2) is 38.9 Å². The van der Waals surface area contributed by atoms with Crippen molar-refractivity contribution < 1.29 is 4.39 Å². The van der Waals surface area contributed by atoms with Gasteiger partial charge in [0.1, 0.15) is 5.82 Å². The van der Waals surface area contributed by atoms with Crippen LogP contribution in [0.5, 0.6) is 0 Å². The van der Waals surface area contributed by atoms with Crippen LogP contribution in [0.3, 0.4) is 0 Å². The van der Waals surface area contributed by atoms with Crippen molar-refractivity contribution in [3.05, 3.63) is 65.5 Å². The number of para-hydroxylation sites is 1. The number of nitrogens with zero attached hydrogens (tertiary/aromatic N) is 2. The van der Waals surface area contributed by atoms with E-state index in [-0.39, 0.29) is 11.9 Å². The number of halogens is 1. The van der Waals surface area contributed by atoms with E-state index in [1.165, 1.54) is 6.07 Å². The van der Waals surface area contributed by atoms with Gasteiger partial charge >= 0.3 is 0 Å². The predicted octanol–water partition coefficient (Wildman–Crippen LogP) is 2.70. The van der Waals surface area contributed by atoms with Gasteiger partial charge in [-0.15, -0.1) is 0 Å². The number of likely N-dealkylation sites (N-methyl/N-ethyl adjacent to an activating group) is 2. The Morgan fingerprint density at radius 3 is 2.55 bits per heavy atom. The van der Waals surface area contributed by atoms with E-state index in [0.29, 0.717) is 12.1 Å². The maximum Gasteiger partial charge on any atom is 0.132 e. The molecule has 1 aliphatic rings. The third kappa shape index (κ3) is 2.62. The molecule has 0 aliphatic carbocycles. The quantitative estimate of drug-likeness (QED) is 0.943. The van der Waals surface area contributed by atoms with Crippen molar-refractivity contribution in [1.29, 1.82) is 0 Å². The SMILES string of the molecule is CNCC1CN=C(c2ccccc2F)c2ccccc2N1C. The molecule has 4 heteroatoms. The van der Waals surface area contributed by atoms with Crippen LogP contribution in [-0.2, 0) is 0 Å². The molecular formula is C18H20FN3. The van der Waals surface area contributed by atoms with Crippen LogP contribution in [0.2, 0.25) is 0 Å². The predicted molar refractivity (Wildman–Crippen MR) is 89.5 cm³/mol. The van der Waals surface area contributed by atoms with Crippen LogP contribution in [0.4, 0.5) is 10.1 Å². The van der Waals surface area contributed by atoms with Gasteiger partial charge in [-0.3, -0.25) is 4.99 Å². The van der Waals surface area contributed by atoms with Crippen molar-refractivity contribution in [3.63, 3.8) is 0 Å². The summed E-state index contributed by atoms with van der Waals surface area (Å²) in [5.41, 5.74) is 3.36. The largest absolute Gasteiger partial charge is 0.368 e. The number of fused-ring (bicyclic) bond motifs is 1. The Bertz CT molecular complexity index is 696. The Kier molecular flexibility index (Phi) is 4.20. The number of benzene rings is 2. The van der Waals surface area contributed by atoms with E-state index in [9.17, 15) is 4.39 Å². The summed E-state index contributed by atoms with van der Waals surface area (Å²) < 4.78 is 14.2. The molecule has 2 aromatic rings. The van der Waals surface area contributed by atoms with Crippen LogP contribution < -0.4 is 10.2 Å². The molecule has 0 amide bonds. The Morgan fingerprint density at radius 1 is 1.14 bits per heavy atom. The van der Waals surface area contributed by atoms with Crippen LogP contribution >= 0.6 is 0 Å². The van der Waals surface area contributed by atoms with Crippen molar-refractivity contribution in [2.75, 3.05) is 32.1 Å². The highest BCUT2D eigenvalue weighted by Gasteiger charge is 2.24. The summed E-state index contributed by atoms with van der Waals surface area (Å²) in [5, 5.41) is 3.21. The summed E-state index contributed by atoms with van der Waals surface area (Å²) in [5.74, 6) is -0.231. The molecule has 0 saturated carbocycles. The highest BCUT2D eigenvalue weighted by molar-refractivity contribution is 6.16. The van der Waals surface area contributed by atoms with Gasteiger partial charge in [0.15, 0.2) is 0 Å². The fourth-order valence-corrected chi connectivity index (χ4v) is 2.90. The van der Waals surface area contributed by atoms with Gasteiger partial charge in [-0.1, -0.05) is 30.3 Å². The van der Waals surface area contributed by atoms with Gasteiger partial charge in [0.25, 0.3) is 0 Å². The van der Waals surface area contributed by atoms with Crippen LogP contribution in [0, 0.1) is 5.82 Å². The molecule has 1 unspecified atom stereocenters. The molecule has 0 spiro atoms. The minimum Gasteiger partial charge on any atom is -0.368 e. The van der Waals surface area contributed by atoms with Crippen LogP contribution in [0.25, 0.3) is 0 Å². The monoisotopic (exact) mass is 297 g/mol. The lowest BCUT2D eigenvalue weighted by Crippen LogP contribution is -2.41. The van der Waals surface area contributed by atoms with E-state index in [2.05, 4.69) is 23.3 Å². The molecule has 1 atom stereocenters. The molecule has 1 N–H and O–H groups in total. The molecule has 114 valence electrons. The van der Waals surface area contributed by atoms with Crippen molar-refractivity contribution in [2.45, 2.75) is 6.04 Å². The number of rotatable bonds is 3. The van der Waals surface area contributed by atoms with Gasteiger partial charge in [-0.05, 0) is 25.2 Å². The molecule has 0 radical (unpaired) electrons. The zero-order valence-corrected chi connectivity index (χ0v) is 12.9. The molecule has 0 saturated heterocycles. The first kappa shape index (κ1) is 14.7. The second-order valence-corrected chi connectivity index (χ2v) is 5.51. The van der Waals surface area contributed by atoms with Crippen molar-refractivity contribution in [1.82, 2.24) is 5.32 Å². The lowest BCUT2D eigenvalue weighted by atomic mass is 10.00. The van der Waals surface area contributed by atoms with Crippen molar-refractivity contribution in [3.8, 4) is 0 Å². The van der Waals surface area contributed by atoms with E-state index in [1.54, 1.807) is 12.1 Å². The number of hydrogen-bond donors (Lipinski definition) is 1.